The van der Waals surface area contributed by atoms with Crippen LogP contribution in [-0.2, 0) is 10.1 Å². The minimum Gasteiger partial charge on any atom is -0.504 e. The van der Waals surface area contributed by atoms with Crippen LogP contribution >= 0.6 is 0 Å². The summed E-state index contributed by atoms with van der Waals surface area (Å²) in [4.78, 5) is -0.213. The maximum atomic E-state index is 11.4. The standard InChI is InChI=1S/C16H12N2O6S/c19-13-7-6-12(15(20)16(13)21)18-17-10-4-5-11-9(8-10)2-1-3-14(11)25(22,23)24/h1-8,19-21H,(H,22,23,24). The molecule has 8 nitrogen and oxygen atoms in total. The average molecular weight is 360 g/mol. The van der Waals surface area contributed by atoms with E-state index in [0.717, 1.165) is 6.07 Å². The number of hydrogen-bond donors (Lipinski definition) is 4. The van der Waals surface area contributed by atoms with E-state index in [1.54, 1.807) is 12.1 Å². The van der Waals surface area contributed by atoms with Gasteiger partial charge < -0.3 is 15.3 Å². The van der Waals surface area contributed by atoms with Crippen molar-refractivity contribution >= 4 is 32.3 Å². The fourth-order valence-corrected chi connectivity index (χ4v) is 2.99. The fourth-order valence-electron chi connectivity index (χ4n) is 2.28. The van der Waals surface area contributed by atoms with Crippen molar-refractivity contribution in [1.29, 1.82) is 0 Å². The van der Waals surface area contributed by atoms with Crippen molar-refractivity contribution in [2.75, 3.05) is 0 Å². The van der Waals surface area contributed by atoms with Crippen molar-refractivity contribution in [3.8, 4) is 17.2 Å². The summed E-state index contributed by atoms with van der Waals surface area (Å²) in [6.45, 7) is 0. The van der Waals surface area contributed by atoms with Crippen LogP contribution in [-0.4, -0.2) is 28.3 Å². The lowest BCUT2D eigenvalue weighted by molar-refractivity contribution is 0.368. The molecule has 4 N–H and O–H groups in total. The lowest BCUT2D eigenvalue weighted by Gasteiger charge is -2.04. The van der Waals surface area contributed by atoms with Gasteiger partial charge in [-0.3, -0.25) is 4.55 Å². The summed E-state index contributed by atoms with van der Waals surface area (Å²) in [5.41, 5.74) is 0.300. The molecule has 0 radical (unpaired) electrons. The molecule has 0 aliphatic carbocycles. The van der Waals surface area contributed by atoms with E-state index in [9.17, 15) is 28.3 Å². The zero-order valence-electron chi connectivity index (χ0n) is 12.5. The number of fused-ring (bicyclic) bond motifs is 1. The van der Waals surface area contributed by atoms with Gasteiger partial charge in [-0.2, -0.15) is 13.5 Å². The lowest BCUT2D eigenvalue weighted by atomic mass is 10.1. The number of benzene rings is 3. The first-order valence-electron chi connectivity index (χ1n) is 6.93. The van der Waals surface area contributed by atoms with Gasteiger partial charge >= 0.3 is 0 Å². The largest absolute Gasteiger partial charge is 0.504 e. The van der Waals surface area contributed by atoms with Crippen molar-refractivity contribution in [3.05, 3.63) is 48.5 Å². The Kier molecular flexibility index (Phi) is 4.03. The topological polar surface area (TPSA) is 140 Å². The molecular weight excluding hydrogens is 348 g/mol. The number of azo groups is 1. The predicted octanol–water partition coefficient (Wildman–Crippen LogP) is 3.62. The molecule has 0 aromatic heterocycles. The molecule has 0 saturated carbocycles. The summed E-state index contributed by atoms with van der Waals surface area (Å²) in [5.74, 6) is -1.80. The molecule has 0 fully saturated rings. The normalized spacial score (nSPS) is 12.0. The third kappa shape index (κ3) is 3.23. The molecule has 0 aliphatic heterocycles. The summed E-state index contributed by atoms with van der Waals surface area (Å²) in [6.07, 6.45) is 0. The monoisotopic (exact) mass is 360 g/mol. The number of phenolic OH excluding ortho intramolecular Hbond substituents is 3. The van der Waals surface area contributed by atoms with E-state index in [1.807, 2.05) is 0 Å². The molecule has 3 aromatic rings. The Morgan fingerprint density at radius 2 is 1.60 bits per heavy atom. The van der Waals surface area contributed by atoms with Gasteiger partial charge in [0.05, 0.1) is 5.69 Å². The van der Waals surface area contributed by atoms with Crippen LogP contribution in [0.25, 0.3) is 10.8 Å². The fraction of sp³-hybridized carbons (Fsp3) is 0. The molecule has 0 atom stereocenters. The van der Waals surface area contributed by atoms with E-state index in [-0.39, 0.29) is 10.6 Å². The Balaban J connectivity index is 2.02. The number of hydrogen-bond acceptors (Lipinski definition) is 7. The highest BCUT2D eigenvalue weighted by molar-refractivity contribution is 7.86. The van der Waals surface area contributed by atoms with E-state index in [4.69, 9.17) is 0 Å². The van der Waals surface area contributed by atoms with Gasteiger partial charge in [0.1, 0.15) is 10.6 Å². The van der Waals surface area contributed by atoms with Gasteiger partial charge in [0.15, 0.2) is 11.5 Å². The van der Waals surface area contributed by atoms with Crippen LogP contribution in [0.2, 0.25) is 0 Å². The third-order valence-corrected chi connectivity index (χ3v) is 4.40. The Bertz CT molecular complexity index is 1110. The second-order valence-electron chi connectivity index (χ2n) is 5.14. The van der Waals surface area contributed by atoms with Crippen molar-refractivity contribution in [2.45, 2.75) is 4.90 Å². The maximum absolute atomic E-state index is 11.4. The molecule has 0 heterocycles. The van der Waals surface area contributed by atoms with Gasteiger partial charge in [-0.15, -0.1) is 5.11 Å². The SMILES string of the molecule is O=S(=O)(O)c1cccc2cc(N=Nc3ccc(O)c(O)c3O)ccc12. The van der Waals surface area contributed by atoms with Crippen molar-refractivity contribution in [3.63, 3.8) is 0 Å². The van der Waals surface area contributed by atoms with Crippen LogP contribution in [0.5, 0.6) is 17.2 Å². The number of phenols is 3. The summed E-state index contributed by atoms with van der Waals surface area (Å²) in [7, 11) is -4.35. The maximum Gasteiger partial charge on any atom is 0.295 e. The zero-order valence-corrected chi connectivity index (χ0v) is 13.3. The zero-order chi connectivity index (χ0) is 18.2. The first kappa shape index (κ1) is 16.7. The predicted molar refractivity (Wildman–Crippen MR) is 89.4 cm³/mol. The summed E-state index contributed by atoms with van der Waals surface area (Å²) in [5, 5.41) is 37.0. The van der Waals surface area contributed by atoms with Crippen molar-refractivity contribution in [1.82, 2.24) is 0 Å². The minimum atomic E-state index is -4.35. The van der Waals surface area contributed by atoms with Crippen LogP contribution in [0.4, 0.5) is 11.4 Å². The molecule has 0 spiro atoms. The minimum absolute atomic E-state index is 0.0536. The van der Waals surface area contributed by atoms with E-state index in [0.29, 0.717) is 16.5 Å². The third-order valence-electron chi connectivity index (χ3n) is 3.48. The van der Waals surface area contributed by atoms with Crippen LogP contribution in [0.3, 0.4) is 0 Å². The van der Waals surface area contributed by atoms with Crippen LogP contribution in [0, 0.1) is 0 Å². The Hall–Kier alpha value is -3.17. The number of rotatable bonds is 3. The molecule has 3 rings (SSSR count). The Morgan fingerprint density at radius 1 is 0.840 bits per heavy atom. The second kappa shape index (κ2) is 6.04. The highest BCUT2D eigenvalue weighted by Crippen LogP contribution is 2.42. The molecule has 128 valence electrons. The van der Waals surface area contributed by atoms with E-state index >= 15 is 0 Å². The molecule has 0 aliphatic rings. The van der Waals surface area contributed by atoms with E-state index < -0.39 is 27.4 Å². The van der Waals surface area contributed by atoms with Gasteiger partial charge in [-0.25, -0.2) is 0 Å². The van der Waals surface area contributed by atoms with Crippen LogP contribution < -0.4 is 0 Å². The van der Waals surface area contributed by atoms with Crippen LogP contribution in [0.1, 0.15) is 0 Å². The summed E-state index contributed by atoms with van der Waals surface area (Å²) in [6, 6.07) is 11.3. The second-order valence-corrected chi connectivity index (χ2v) is 6.53. The van der Waals surface area contributed by atoms with Crippen molar-refractivity contribution in [2.24, 2.45) is 10.2 Å². The Morgan fingerprint density at radius 3 is 2.32 bits per heavy atom. The number of nitrogens with zero attached hydrogens (tertiary/aromatic N) is 2. The van der Waals surface area contributed by atoms with Crippen LogP contribution in [0.15, 0.2) is 63.7 Å². The molecule has 25 heavy (non-hydrogen) atoms. The molecular formula is C16H12N2O6S. The summed E-state index contributed by atoms with van der Waals surface area (Å²) < 4.78 is 32.0. The van der Waals surface area contributed by atoms with Gasteiger partial charge in [0, 0.05) is 5.39 Å². The summed E-state index contributed by atoms with van der Waals surface area (Å²) >= 11 is 0. The first-order valence-corrected chi connectivity index (χ1v) is 8.37. The molecule has 0 saturated heterocycles. The lowest BCUT2D eigenvalue weighted by Crippen LogP contribution is -1.98. The quantitative estimate of drug-likeness (QED) is 0.319. The van der Waals surface area contributed by atoms with E-state index in [1.165, 1.54) is 30.3 Å². The number of aromatic hydroxyl groups is 3. The van der Waals surface area contributed by atoms with Gasteiger partial charge in [-0.05, 0) is 35.7 Å². The van der Waals surface area contributed by atoms with Gasteiger partial charge in [0.2, 0.25) is 5.75 Å². The van der Waals surface area contributed by atoms with Gasteiger partial charge in [0.25, 0.3) is 10.1 Å². The van der Waals surface area contributed by atoms with Gasteiger partial charge in [-0.1, -0.05) is 18.2 Å². The highest BCUT2D eigenvalue weighted by atomic mass is 32.2. The van der Waals surface area contributed by atoms with E-state index in [2.05, 4.69) is 10.2 Å². The van der Waals surface area contributed by atoms with Crippen molar-refractivity contribution < 1.29 is 28.3 Å². The smallest absolute Gasteiger partial charge is 0.295 e. The first-order chi connectivity index (χ1) is 11.8. The average Bonchev–Trinajstić information content (AvgIpc) is 2.57. The molecule has 3 aromatic carbocycles. The molecule has 0 bridgehead atoms. The highest BCUT2D eigenvalue weighted by Gasteiger charge is 2.14. The molecule has 0 amide bonds. The molecule has 0 unspecified atom stereocenters. The molecule has 9 heteroatoms. The Labute approximate surface area is 142 Å².